The van der Waals surface area contributed by atoms with Gasteiger partial charge in [0.25, 0.3) is 0 Å². The van der Waals surface area contributed by atoms with Crippen LogP contribution in [0, 0.1) is 0 Å². The van der Waals surface area contributed by atoms with Gasteiger partial charge in [0.15, 0.2) is 0 Å². The Morgan fingerprint density at radius 1 is 1.71 bits per heavy atom. The average Bonchev–Trinajstić information content (AvgIpc) is 2.01. The molecule has 2 N–H and O–H groups in total. The molecule has 0 aliphatic carbocycles. The third-order valence-corrected chi connectivity index (χ3v) is 2.42. The summed E-state index contributed by atoms with van der Waals surface area (Å²) in [5, 5.41) is 0. The van der Waals surface area contributed by atoms with Crippen LogP contribution in [0.4, 0.5) is 0 Å². The van der Waals surface area contributed by atoms with Crippen LogP contribution < -0.4 is 5.73 Å². The number of carbonyl (C=O) groups excluding carboxylic acids is 1. The molecule has 0 unspecified atom stereocenters. The van der Waals surface area contributed by atoms with E-state index in [4.69, 9.17) is 5.73 Å². The van der Waals surface area contributed by atoms with E-state index in [0.29, 0.717) is 6.42 Å². The van der Waals surface area contributed by atoms with Crippen molar-refractivity contribution < 1.29 is 4.79 Å². The molecule has 1 atom stereocenters. The molecule has 4 heteroatoms. The molecular weight excluding hydrogens is 244 g/mol. The van der Waals surface area contributed by atoms with Crippen LogP contribution in [0.15, 0.2) is 22.8 Å². The maximum absolute atomic E-state index is 11.0. The number of Topliss-reactive ketones (excluding diaryl/α,β-unsaturated/α-hetero) is 1. The van der Waals surface area contributed by atoms with Crippen LogP contribution in [0.5, 0.6) is 0 Å². The van der Waals surface area contributed by atoms with Crippen LogP contribution in [0.3, 0.4) is 0 Å². The number of ketones is 1. The van der Waals surface area contributed by atoms with E-state index in [1.165, 1.54) is 6.92 Å². The Morgan fingerprint density at radius 3 is 2.86 bits per heavy atom. The van der Waals surface area contributed by atoms with Crippen molar-refractivity contribution >= 4 is 21.7 Å². The fourth-order valence-electron chi connectivity index (χ4n) is 1.32. The predicted molar refractivity (Wildman–Crippen MR) is 58.8 cm³/mol. The molecule has 0 radical (unpaired) electrons. The van der Waals surface area contributed by atoms with Crippen molar-refractivity contribution in [2.45, 2.75) is 25.8 Å². The summed E-state index contributed by atoms with van der Waals surface area (Å²) in [4.78, 5) is 15.2. The Hall–Kier alpha value is -0.740. The minimum Gasteiger partial charge on any atom is -0.320 e. The Labute approximate surface area is 91.8 Å². The number of hydrogen-bond acceptors (Lipinski definition) is 3. The molecule has 1 heterocycles. The lowest BCUT2D eigenvalue weighted by molar-refractivity contribution is -0.118. The molecule has 0 fully saturated rings. The van der Waals surface area contributed by atoms with Gasteiger partial charge in [0.05, 0.1) is 11.2 Å². The molecule has 0 saturated heterocycles. The van der Waals surface area contributed by atoms with Gasteiger partial charge in [0.1, 0.15) is 5.78 Å². The number of rotatable bonds is 3. The third-order valence-electron chi connectivity index (χ3n) is 1.92. The quantitative estimate of drug-likeness (QED) is 0.900. The smallest absolute Gasteiger partial charge is 0.132 e. The molecule has 0 bridgehead atoms. The summed E-state index contributed by atoms with van der Waals surface area (Å²) >= 11 is 3.34. The normalized spacial score (nSPS) is 14.9. The van der Waals surface area contributed by atoms with Crippen molar-refractivity contribution in [3.63, 3.8) is 0 Å². The van der Waals surface area contributed by atoms with Crippen molar-refractivity contribution in [3.8, 4) is 0 Å². The molecule has 0 aromatic carbocycles. The van der Waals surface area contributed by atoms with Crippen LogP contribution in [0.2, 0.25) is 0 Å². The van der Waals surface area contributed by atoms with E-state index >= 15 is 0 Å². The molecule has 0 amide bonds. The number of carbonyl (C=O) groups is 1. The Morgan fingerprint density at radius 2 is 2.36 bits per heavy atom. The van der Waals surface area contributed by atoms with Gasteiger partial charge in [-0.25, -0.2) is 0 Å². The summed E-state index contributed by atoms with van der Waals surface area (Å²) in [7, 11) is 0. The first-order valence-corrected chi connectivity index (χ1v) is 5.11. The van der Waals surface area contributed by atoms with Crippen LogP contribution in [-0.2, 0) is 10.3 Å². The Kier molecular flexibility index (Phi) is 3.39. The van der Waals surface area contributed by atoms with E-state index in [1.54, 1.807) is 6.20 Å². The number of aromatic nitrogens is 1. The number of hydrogen-bond donors (Lipinski definition) is 1. The SMILES string of the molecule is CC(=O)C[C@](C)(N)c1cc(Br)ccn1. The topological polar surface area (TPSA) is 56.0 Å². The highest BCUT2D eigenvalue weighted by molar-refractivity contribution is 9.10. The van der Waals surface area contributed by atoms with E-state index in [-0.39, 0.29) is 5.78 Å². The monoisotopic (exact) mass is 256 g/mol. The van der Waals surface area contributed by atoms with E-state index in [9.17, 15) is 4.79 Å². The summed E-state index contributed by atoms with van der Waals surface area (Å²) in [5.41, 5.74) is 6.04. The molecule has 3 nitrogen and oxygen atoms in total. The van der Waals surface area contributed by atoms with Gasteiger partial charge in [0, 0.05) is 17.1 Å². The van der Waals surface area contributed by atoms with Crippen molar-refractivity contribution in [2.75, 3.05) is 0 Å². The number of nitrogens with zero attached hydrogens (tertiary/aromatic N) is 1. The van der Waals surface area contributed by atoms with Crippen molar-refractivity contribution in [1.82, 2.24) is 4.98 Å². The van der Waals surface area contributed by atoms with Crippen LogP contribution in [0.25, 0.3) is 0 Å². The second-order valence-electron chi connectivity index (χ2n) is 3.66. The largest absolute Gasteiger partial charge is 0.320 e. The molecule has 76 valence electrons. The van der Waals surface area contributed by atoms with E-state index in [2.05, 4.69) is 20.9 Å². The highest BCUT2D eigenvalue weighted by Crippen LogP contribution is 2.22. The second-order valence-corrected chi connectivity index (χ2v) is 4.57. The maximum atomic E-state index is 11.0. The van der Waals surface area contributed by atoms with Gasteiger partial charge in [-0.15, -0.1) is 0 Å². The van der Waals surface area contributed by atoms with Crippen LogP contribution >= 0.6 is 15.9 Å². The van der Waals surface area contributed by atoms with Gasteiger partial charge in [-0.05, 0) is 26.0 Å². The Bertz CT molecular complexity index is 350. The number of halogens is 1. The first-order valence-electron chi connectivity index (χ1n) is 4.32. The van der Waals surface area contributed by atoms with Gasteiger partial charge in [0.2, 0.25) is 0 Å². The average molecular weight is 257 g/mol. The molecule has 0 spiro atoms. The molecule has 1 aromatic rings. The zero-order valence-corrected chi connectivity index (χ0v) is 9.84. The summed E-state index contributed by atoms with van der Waals surface area (Å²) in [6, 6.07) is 3.66. The van der Waals surface area contributed by atoms with Crippen molar-refractivity contribution in [3.05, 3.63) is 28.5 Å². The minimum absolute atomic E-state index is 0.0665. The fourth-order valence-corrected chi connectivity index (χ4v) is 1.66. The Balaban J connectivity index is 2.97. The highest BCUT2D eigenvalue weighted by Gasteiger charge is 2.24. The zero-order valence-electron chi connectivity index (χ0n) is 8.25. The lowest BCUT2D eigenvalue weighted by Gasteiger charge is -2.22. The van der Waals surface area contributed by atoms with E-state index in [0.717, 1.165) is 10.2 Å². The summed E-state index contributed by atoms with van der Waals surface area (Å²) < 4.78 is 0.919. The third kappa shape index (κ3) is 2.89. The van der Waals surface area contributed by atoms with Gasteiger partial charge in [-0.3, -0.25) is 9.78 Å². The summed E-state index contributed by atoms with van der Waals surface area (Å²) in [6.45, 7) is 3.34. The lowest BCUT2D eigenvalue weighted by Crippen LogP contribution is -2.35. The second kappa shape index (κ2) is 4.19. The predicted octanol–water partition coefficient (Wildman–Crippen LogP) is 2.00. The zero-order chi connectivity index (χ0) is 10.8. The molecule has 0 aliphatic heterocycles. The van der Waals surface area contributed by atoms with Crippen molar-refractivity contribution in [1.29, 1.82) is 0 Å². The van der Waals surface area contributed by atoms with Gasteiger partial charge in [-0.1, -0.05) is 15.9 Å². The van der Waals surface area contributed by atoms with Gasteiger partial charge in [-0.2, -0.15) is 0 Å². The number of nitrogens with two attached hydrogens (primary N) is 1. The molecule has 14 heavy (non-hydrogen) atoms. The van der Waals surface area contributed by atoms with Gasteiger partial charge >= 0.3 is 0 Å². The minimum atomic E-state index is -0.685. The van der Waals surface area contributed by atoms with E-state index < -0.39 is 5.54 Å². The van der Waals surface area contributed by atoms with Crippen molar-refractivity contribution in [2.24, 2.45) is 5.73 Å². The molecular formula is C10H13BrN2O. The molecule has 0 saturated carbocycles. The van der Waals surface area contributed by atoms with Gasteiger partial charge < -0.3 is 5.73 Å². The highest BCUT2D eigenvalue weighted by atomic mass is 79.9. The first-order chi connectivity index (χ1) is 6.42. The van der Waals surface area contributed by atoms with Crippen LogP contribution in [0.1, 0.15) is 26.0 Å². The molecule has 1 rings (SSSR count). The molecule has 0 aliphatic rings. The standard InChI is InChI=1S/C10H13BrN2O/c1-7(14)6-10(2,12)9-5-8(11)3-4-13-9/h3-5H,6,12H2,1-2H3/t10-/m0/s1. The number of pyridine rings is 1. The van der Waals surface area contributed by atoms with E-state index in [1.807, 2.05) is 19.1 Å². The fraction of sp³-hybridized carbons (Fsp3) is 0.400. The lowest BCUT2D eigenvalue weighted by atomic mass is 9.92. The van der Waals surface area contributed by atoms with Crippen LogP contribution in [-0.4, -0.2) is 10.8 Å². The summed E-state index contributed by atoms with van der Waals surface area (Å²) in [5.74, 6) is 0.0665. The first kappa shape index (κ1) is 11.3. The maximum Gasteiger partial charge on any atom is 0.132 e. The molecule has 1 aromatic heterocycles. The summed E-state index contributed by atoms with van der Waals surface area (Å²) in [6.07, 6.45) is 1.97.